The molecule has 1 aromatic rings. The average Bonchev–Trinajstić information content (AvgIpc) is 2.16. The van der Waals surface area contributed by atoms with Crippen molar-refractivity contribution >= 4 is 27.9 Å². The van der Waals surface area contributed by atoms with Crippen molar-refractivity contribution in [3.05, 3.63) is 28.5 Å². The van der Waals surface area contributed by atoms with Gasteiger partial charge >= 0.3 is 11.9 Å². The molecule has 1 aliphatic heterocycles. The molecule has 0 N–H and O–H groups in total. The molecule has 0 amide bonds. The van der Waals surface area contributed by atoms with Gasteiger partial charge in [-0.1, -0.05) is 6.07 Å². The van der Waals surface area contributed by atoms with E-state index in [-0.39, 0.29) is 18.8 Å². The van der Waals surface area contributed by atoms with E-state index in [0.29, 0.717) is 4.60 Å². The number of hydrogen-bond donors (Lipinski definition) is 0. The summed E-state index contributed by atoms with van der Waals surface area (Å²) in [5, 5.41) is 0. The minimum absolute atomic E-state index is 0.156. The molecule has 15 heavy (non-hydrogen) atoms. The molecule has 0 atom stereocenters. The summed E-state index contributed by atoms with van der Waals surface area (Å²) in [6.45, 7) is 0. The van der Waals surface area contributed by atoms with Crippen molar-refractivity contribution in [2.75, 3.05) is 0 Å². The van der Waals surface area contributed by atoms with Gasteiger partial charge in [0.1, 0.15) is 4.60 Å². The molecule has 5 heteroatoms. The van der Waals surface area contributed by atoms with Crippen molar-refractivity contribution < 1.29 is 14.3 Å². The van der Waals surface area contributed by atoms with Gasteiger partial charge < -0.3 is 4.74 Å². The summed E-state index contributed by atoms with van der Waals surface area (Å²) in [5.74, 6) is -1.10. The topological polar surface area (TPSA) is 56.3 Å². The third kappa shape index (κ3) is 2.41. The van der Waals surface area contributed by atoms with Crippen molar-refractivity contribution in [2.45, 2.75) is 18.8 Å². The quantitative estimate of drug-likeness (QED) is 0.443. The molecule has 1 fully saturated rings. The Balaban J connectivity index is 2.23. The lowest BCUT2D eigenvalue weighted by Gasteiger charge is -2.19. The van der Waals surface area contributed by atoms with Crippen LogP contribution in [0, 0.1) is 0 Å². The summed E-state index contributed by atoms with van der Waals surface area (Å²) in [5.41, 5.74) is 0.745. The molecule has 2 heterocycles. The maximum Gasteiger partial charge on any atom is 0.314 e. The van der Waals surface area contributed by atoms with Gasteiger partial charge in [0.2, 0.25) is 0 Å². The van der Waals surface area contributed by atoms with Crippen molar-refractivity contribution in [1.82, 2.24) is 4.98 Å². The smallest absolute Gasteiger partial charge is 0.314 e. The number of ether oxygens (including phenoxy) is 1. The highest BCUT2D eigenvalue weighted by molar-refractivity contribution is 9.10. The van der Waals surface area contributed by atoms with E-state index in [0.717, 1.165) is 5.69 Å². The summed E-state index contributed by atoms with van der Waals surface area (Å²) in [4.78, 5) is 26.3. The molecule has 2 rings (SSSR count). The van der Waals surface area contributed by atoms with E-state index in [4.69, 9.17) is 0 Å². The van der Waals surface area contributed by atoms with Crippen LogP contribution in [0.15, 0.2) is 22.8 Å². The van der Waals surface area contributed by atoms with Gasteiger partial charge in [-0.25, -0.2) is 4.98 Å². The zero-order valence-corrected chi connectivity index (χ0v) is 9.36. The first-order valence-electron chi connectivity index (χ1n) is 4.51. The molecule has 0 aromatic carbocycles. The number of pyridine rings is 1. The highest BCUT2D eigenvalue weighted by atomic mass is 79.9. The van der Waals surface area contributed by atoms with Crippen LogP contribution in [0.1, 0.15) is 24.5 Å². The van der Waals surface area contributed by atoms with Gasteiger partial charge in [0.05, 0.1) is 12.8 Å². The van der Waals surface area contributed by atoms with Crippen LogP contribution in [0.2, 0.25) is 0 Å². The lowest BCUT2D eigenvalue weighted by atomic mass is 9.95. The molecule has 0 aliphatic carbocycles. The van der Waals surface area contributed by atoms with E-state index >= 15 is 0 Å². The summed E-state index contributed by atoms with van der Waals surface area (Å²) in [7, 11) is 0. The number of hydrogen-bond acceptors (Lipinski definition) is 4. The minimum atomic E-state index is -0.474. The van der Waals surface area contributed by atoms with E-state index < -0.39 is 11.9 Å². The van der Waals surface area contributed by atoms with Crippen LogP contribution < -0.4 is 0 Å². The van der Waals surface area contributed by atoms with E-state index in [1.165, 1.54) is 0 Å². The zero-order chi connectivity index (χ0) is 10.8. The van der Waals surface area contributed by atoms with Crippen LogP contribution in [0.4, 0.5) is 0 Å². The molecule has 0 unspecified atom stereocenters. The van der Waals surface area contributed by atoms with E-state index in [1.54, 1.807) is 12.1 Å². The second-order valence-corrected chi connectivity index (χ2v) is 4.15. The third-order valence-electron chi connectivity index (χ3n) is 2.21. The lowest BCUT2D eigenvalue weighted by Crippen LogP contribution is -2.24. The molecule has 0 saturated carbocycles. The van der Waals surface area contributed by atoms with E-state index in [1.807, 2.05) is 6.07 Å². The fourth-order valence-corrected chi connectivity index (χ4v) is 1.90. The molecule has 0 bridgehead atoms. The predicted molar refractivity (Wildman–Crippen MR) is 55.0 cm³/mol. The van der Waals surface area contributed by atoms with Gasteiger partial charge in [-0.2, -0.15) is 0 Å². The summed E-state index contributed by atoms with van der Waals surface area (Å²) >= 11 is 3.25. The van der Waals surface area contributed by atoms with Gasteiger partial charge in [-0.05, 0) is 28.1 Å². The van der Waals surface area contributed by atoms with Crippen molar-refractivity contribution in [3.8, 4) is 0 Å². The molecular weight excluding hydrogens is 262 g/mol. The van der Waals surface area contributed by atoms with Crippen LogP contribution >= 0.6 is 15.9 Å². The number of cyclic esters (lactones) is 2. The fraction of sp³-hybridized carbons (Fsp3) is 0.300. The highest BCUT2D eigenvalue weighted by Gasteiger charge is 2.29. The number of carbonyl (C=O) groups excluding carboxylic acids is 2. The van der Waals surface area contributed by atoms with E-state index in [9.17, 15) is 9.59 Å². The van der Waals surface area contributed by atoms with Crippen molar-refractivity contribution in [1.29, 1.82) is 0 Å². The largest absolute Gasteiger partial charge is 0.393 e. The second kappa shape index (κ2) is 4.10. The molecule has 1 aromatic heterocycles. The summed E-state index contributed by atoms with van der Waals surface area (Å²) in [6, 6.07) is 5.44. The first-order valence-corrected chi connectivity index (χ1v) is 5.30. The predicted octanol–water partition coefficient (Wildman–Crippen LogP) is 1.79. The second-order valence-electron chi connectivity index (χ2n) is 3.34. The lowest BCUT2D eigenvalue weighted by molar-refractivity contribution is -0.164. The Hall–Kier alpha value is -1.23. The fourth-order valence-electron chi connectivity index (χ4n) is 1.55. The summed E-state index contributed by atoms with van der Waals surface area (Å²) in [6.07, 6.45) is 0.435. The number of rotatable bonds is 1. The van der Waals surface area contributed by atoms with Crippen LogP contribution in [0.25, 0.3) is 0 Å². The van der Waals surface area contributed by atoms with Crippen molar-refractivity contribution in [2.24, 2.45) is 0 Å². The first kappa shape index (κ1) is 10.3. The Bertz CT molecular complexity index is 403. The Morgan fingerprint density at radius 2 is 1.93 bits per heavy atom. The third-order valence-corrected chi connectivity index (χ3v) is 2.65. The van der Waals surface area contributed by atoms with Gasteiger partial charge in [-0.15, -0.1) is 0 Å². The Labute approximate surface area is 94.8 Å². The average molecular weight is 270 g/mol. The maximum atomic E-state index is 11.1. The minimum Gasteiger partial charge on any atom is -0.393 e. The van der Waals surface area contributed by atoms with Gasteiger partial charge in [0, 0.05) is 11.6 Å². The van der Waals surface area contributed by atoms with Gasteiger partial charge in [0.25, 0.3) is 0 Å². The van der Waals surface area contributed by atoms with Crippen LogP contribution in [-0.4, -0.2) is 16.9 Å². The molecule has 0 spiro atoms. The normalized spacial score (nSPS) is 17.7. The van der Waals surface area contributed by atoms with Gasteiger partial charge in [0.15, 0.2) is 0 Å². The highest BCUT2D eigenvalue weighted by Crippen LogP contribution is 2.27. The summed E-state index contributed by atoms with van der Waals surface area (Å²) < 4.78 is 5.15. The molecule has 1 aliphatic rings. The van der Waals surface area contributed by atoms with Crippen LogP contribution in [-0.2, 0) is 14.3 Å². The van der Waals surface area contributed by atoms with Crippen molar-refractivity contribution in [3.63, 3.8) is 0 Å². The Morgan fingerprint density at radius 1 is 1.27 bits per heavy atom. The number of esters is 2. The maximum absolute atomic E-state index is 11.1. The number of halogens is 1. The monoisotopic (exact) mass is 269 g/mol. The number of nitrogens with zero attached hydrogens (tertiary/aromatic N) is 1. The Kier molecular flexibility index (Phi) is 2.81. The first-order chi connectivity index (χ1) is 7.15. The zero-order valence-electron chi connectivity index (χ0n) is 7.77. The molecule has 1 saturated heterocycles. The molecule has 78 valence electrons. The Morgan fingerprint density at radius 3 is 2.53 bits per heavy atom. The van der Waals surface area contributed by atoms with Crippen LogP contribution in [0.3, 0.4) is 0 Å². The standard InChI is InChI=1S/C10H8BrNO3/c11-8-3-1-2-7(12-8)6-4-9(13)15-10(14)5-6/h1-3,6H,4-5H2. The van der Waals surface area contributed by atoms with E-state index in [2.05, 4.69) is 25.7 Å². The molecule has 0 radical (unpaired) electrons. The number of aromatic nitrogens is 1. The van der Waals surface area contributed by atoms with Crippen LogP contribution in [0.5, 0.6) is 0 Å². The number of carbonyl (C=O) groups is 2. The van der Waals surface area contributed by atoms with Gasteiger partial charge in [-0.3, -0.25) is 9.59 Å². The molecule has 4 nitrogen and oxygen atoms in total. The SMILES string of the molecule is O=C1CC(c2cccc(Br)n2)CC(=O)O1. The molecular formula is C10H8BrNO3.